The summed E-state index contributed by atoms with van der Waals surface area (Å²) in [5.41, 5.74) is 0. The maximum absolute atomic E-state index is 11.4. The van der Waals surface area contributed by atoms with Crippen LogP contribution in [-0.2, 0) is 9.53 Å². The van der Waals surface area contributed by atoms with E-state index in [-0.39, 0.29) is 12.5 Å². The molecular weight excluding hydrogens is 216 g/mol. The number of amides is 1. The van der Waals surface area contributed by atoms with E-state index in [4.69, 9.17) is 4.74 Å². The lowest BCUT2D eigenvalue weighted by molar-refractivity contribution is -0.126. The number of carbonyl (C=O) groups excluding carboxylic acids is 1. The van der Waals surface area contributed by atoms with Crippen molar-refractivity contribution in [2.45, 2.75) is 33.1 Å². The minimum Gasteiger partial charge on any atom is -0.371 e. The maximum Gasteiger partial charge on any atom is 0.245 e. The van der Waals surface area contributed by atoms with Gasteiger partial charge in [0.25, 0.3) is 0 Å². The van der Waals surface area contributed by atoms with Crippen LogP contribution in [0.4, 0.5) is 0 Å². The Morgan fingerprint density at radius 1 is 1.53 bits per heavy atom. The summed E-state index contributed by atoms with van der Waals surface area (Å²) in [5, 5.41) is 6.21. The van der Waals surface area contributed by atoms with Gasteiger partial charge in [0.1, 0.15) is 6.61 Å². The van der Waals surface area contributed by atoms with E-state index in [1.165, 1.54) is 12.8 Å². The Bertz CT molecular complexity index is 213. The molecule has 0 aromatic carbocycles. The molecule has 1 aliphatic heterocycles. The van der Waals surface area contributed by atoms with Gasteiger partial charge in [-0.15, -0.1) is 0 Å². The molecule has 0 bridgehead atoms. The zero-order chi connectivity index (χ0) is 12.5. The van der Waals surface area contributed by atoms with Gasteiger partial charge in [0.05, 0.1) is 6.61 Å². The van der Waals surface area contributed by atoms with Crippen molar-refractivity contribution in [1.82, 2.24) is 10.6 Å². The standard InChI is InChI=1S/C13H26N2O2/c1-11(2)5-7-15-13(16)10-17-9-12-4-3-6-14-8-12/h11-12,14H,3-10H2,1-2H3,(H,15,16). The number of nitrogens with one attached hydrogen (secondary N) is 2. The number of hydrogen-bond acceptors (Lipinski definition) is 3. The highest BCUT2D eigenvalue weighted by Gasteiger charge is 2.13. The molecule has 100 valence electrons. The molecule has 2 N–H and O–H groups in total. The van der Waals surface area contributed by atoms with Crippen LogP contribution in [0, 0.1) is 11.8 Å². The van der Waals surface area contributed by atoms with E-state index in [0.717, 1.165) is 26.1 Å². The van der Waals surface area contributed by atoms with Crippen molar-refractivity contribution >= 4 is 5.91 Å². The quantitative estimate of drug-likeness (QED) is 0.704. The third-order valence-electron chi connectivity index (χ3n) is 3.03. The first-order chi connectivity index (χ1) is 8.18. The van der Waals surface area contributed by atoms with Crippen molar-refractivity contribution in [3.05, 3.63) is 0 Å². The van der Waals surface area contributed by atoms with Crippen molar-refractivity contribution < 1.29 is 9.53 Å². The molecule has 1 amide bonds. The summed E-state index contributed by atoms with van der Waals surface area (Å²) in [6.45, 7) is 8.10. The fourth-order valence-corrected chi connectivity index (χ4v) is 1.94. The third-order valence-corrected chi connectivity index (χ3v) is 3.03. The summed E-state index contributed by atoms with van der Waals surface area (Å²) >= 11 is 0. The average Bonchev–Trinajstić information content (AvgIpc) is 2.30. The molecular formula is C13H26N2O2. The zero-order valence-corrected chi connectivity index (χ0v) is 11.1. The van der Waals surface area contributed by atoms with Gasteiger partial charge in [0.15, 0.2) is 0 Å². The molecule has 1 fully saturated rings. The normalized spacial score (nSPS) is 20.5. The van der Waals surface area contributed by atoms with Gasteiger partial charge in [0.2, 0.25) is 5.91 Å². The Hall–Kier alpha value is -0.610. The molecule has 1 heterocycles. The lowest BCUT2D eigenvalue weighted by atomic mass is 10.0. The van der Waals surface area contributed by atoms with Crippen LogP contribution in [0.3, 0.4) is 0 Å². The number of ether oxygens (including phenoxy) is 1. The van der Waals surface area contributed by atoms with E-state index < -0.39 is 0 Å². The topological polar surface area (TPSA) is 50.4 Å². The molecule has 0 spiro atoms. The first kappa shape index (κ1) is 14.5. The van der Waals surface area contributed by atoms with Crippen molar-refractivity contribution in [2.75, 3.05) is 32.8 Å². The summed E-state index contributed by atoms with van der Waals surface area (Å²) in [4.78, 5) is 11.4. The molecule has 4 nitrogen and oxygen atoms in total. The highest BCUT2D eigenvalue weighted by Crippen LogP contribution is 2.09. The van der Waals surface area contributed by atoms with E-state index in [1.54, 1.807) is 0 Å². The van der Waals surface area contributed by atoms with Crippen LogP contribution in [0.1, 0.15) is 33.1 Å². The molecule has 0 aromatic rings. The summed E-state index contributed by atoms with van der Waals surface area (Å²) in [7, 11) is 0. The van der Waals surface area contributed by atoms with Gasteiger partial charge < -0.3 is 15.4 Å². The van der Waals surface area contributed by atoms with E-state index in [0.29, 0.717) is 18.4 Å². The van der Waals surface area contributed by atoms with Gasteiger partial charge in [-0.3, -0.25) is 4.79 Å². The van der Waals surface area contributed by atoms with Crippen molar-refractivity contribution in [3.8, 4) is 0 Å². The minimum atomic E-state index is 0.00872. The summed E-state index contributed by atoms with van der Waals surface area (Å²) in [5.74, 6) is 1.21. The smallest absolute Gasteiger partial charge is 0.245 e. The van der Waals surface area contributed by atoms with Gasteiger partial charge in [-0.1, -0.05) is 13.8 Å². The van der Waals surface area contributed by atoms with Crippen LogP contribution in [0.25, 0.3) is 0 Å². The Labute approximate surface area is 104 Å². The predicted octanol–water partition coefficient (Wildman–Crippen LogP) is 1.16. The van der Waals surface area contributed by atoms with Crippen molar-refractivity contribution in [1.29, 1.82) is 0 Å². The second-order valence-electron chi connectivity index (χ2n) is 5.26. The first-order valence-corrected chi connectivity index (χ1v) is 6.73. The lowest BCUT2D eigenvalue weighted by Crippen LogP contribution is -2.34. The van der Waals surface area contributed by atoms with Crippen molar-refractivity contribution in [2.24, 2.45) is 11.8 Å². The molecule has 1 rings (SSSR count). The number of hydrogen-bond donors (Lipinski definition) is 2. The SMILES string of the molecule is CC(C)CCNC(=O)COCC1CCCNC1. The summed E-state index contributed by atoms with van der Waals surface area (Å²) < 4.78 is 5.44. The molecule has 4 heteroatoms. The Balaban J connectivity index is 1.95. The van der Waals surface area contributed by atoms with Crippen LogP contribution >= 0.6 is 0 Å². The lowest BCUT2D eigenvalue weighted by Gasteiger charge is -2.22. The van der Waals surface area contributed by atoms with Crippen LogP contribution < -0.4 is 10.6 Å². The Morgan fingerprint density at radius 3 is 3.00 bits per heavy atom. The van der Waals surface area contributed by atoms with Crippen molar-refractivity contribution in [3.63, 3.8) is 0 Å². The first-order valence-electron chi connectivity index (χ1n) is 6.73. The second kappa shape index (κ2) is 8.48. The van der Waals surface area contributed by atoms with E-state index in [2.05, 4.69) is 24.5 Å². The predicted molar refractivity (Wildman–Crippen MR) is 68.9 cm³/mol. The summed E-state index contributed by atoms with van der Waals surface area (Å²) in [6.07, 6.45) is 3.45. The maximum atomic E-state index is 11.4. The highest BCUT2D eigenvalue weighted by molar-refractivity contribution is 5.77. The molecule has 17 heavy (non-hydrogen) atoms. The molecule has 0 aromatic heterocycles. The zero-order valence-electron chi connectivity index (χ0n) is 11.1. The molecule has 1 saturated heterocycles. The van der Waals surface area contributed by atoms with Gasteiger partial charge in [-0.05, 0) is 37.6 Å². The monoisotopic (exact) mass is 242 g/mol. The molecule has 1 aliphatic rings. The van der Waals surface area contributed by atoms with E-state index >= 15 is 0 Å². The van der Waals surface area contributed by atoms with Crippen LogP contribution in [-0.4, -0.2) is 38.8 Å². The van der Waals surface area contributed by atoms with Gasteiger partial charge in [-0.25, -0.2) is 0 Å². The Kier molecular flexibility index (Phi) is 7.21. The fraction of sp³-hybridized carbons (Fsp3) is 0.923. The molecule has 0 aliphatic carbocycles. The third kappa shape index (κ3) is 7.34. The molecule has 0 saturated carbocycles. The van der Waals surface area contributed by atoms with Crippen LogP contribution in [0.15, 0.2) is 0 Å². The average molecular weight is 242 g/mol. The van der Waals surface area contributed by atoms with Gasteiger partial charge in [-0.2, -0.15) is 0 Å². The number of carbonyl (C=O) groups is 1. The Morgan fingerprint density at radius 2 is 2.35 bits per heavy atom. The number of piperidine rings is 1. The van der Waals surface area contributed by atoms with E-state index in [9.17, 15) is 4.79 Å². The number of rotatable bonds is 7. The molecule has 1 atom stereocenters. The van der Waals surface area contributed by atoms with E-state index in [1.807, 2.05) is 0 Å². The summed E-state index contributed by atoms with van der Waals surface area (Å²) in [6, 6.07) is 0. The molecule has 0 radical (unpaired) electrons. The molecule has 1 unspecified atom stereocenters. The highest BCUT2D eigenvalue weighted by atomic mass is 16.5. The fourth-order valence-electron chi connectivity index (χ4n) is 1.94. The van der Waals surface area contributed by atoms with Crippen LogP contribution in [0.5, 0.6) is 0 Å². The minimum absolute atomic E-state index is 0.00872. The van der Waals surface area contributed by atoms with Gasteiger partial charge >= 0.3 is 0 Å². The second-order valence-corrected chi connectivity index (χ2v) is 5.26. The van der Waals surface area contributed by atoms with Gasteiger partial charge in [0, 0.05) is 13.1 Å². The largest absolute Gasteiger partial charge is 0.371 e. The van der Waals surface area contributed by atoms with Crippen LogP contribution in [0.2, 0.25) is 0 Å².